The van der Waals surface area contributed by atoms with Gasteiger partial charge < -0.3 is 5.11 Å². The molecule has 0 saturated carbocycles. The zero-order chi connectivity index (χ0) is 11.9. The average Bonchev–Trinajstić information content (AvgIpc) is 2.00. The highest BCUT2D eigenvalue weighted by molar-refractivity contribution is 8.13. The lowest BCUT2D eigenvalue weighted by Gasteiger charge is -2.09. The van der Waals surface area contributed by atoms with Gasteiger partial charge in [0.05, 0.1) is 10.5 Å². The van der Waals surface area contributed by atoms with E-state index in [0.29, 0.717) is 6.07 Å². The minimum absolute atomic E-state index is 0.275. The first kappa shape index (κ1) is 12.1. The van der Waals surface area contributed by atoms with Crippen molar-refractivity contribution in [2.45, 2.75) is 11.1 Å². The average molecular weight is 261 g/mol. The van der Waals surface area contributed by atoms with Crippen LogP contribution in [-0.4, -0.2) is 13.5 Å². The summed E-state index contributed by atoms with van der Waals surface area (Å²) in [7, 11) is 0.615. The monoisotopic (exact) mass is 260 g/mol. The quantitative estimate of drug-likeness (QED) is 0.789. The Labute approximate surface area is 87.5 Å². The van der Waals surface area contributed by atoms with Crippen LogP contribution in [0.3, 0.4) is 0 Å². The molecule has 0 aliphatic rings. The number of hydrogen-bond donors (Lipinski definition) is 1. The lowest BCUT2D eigenvalue weighted by Crippen LogP contribution is -2.06. The summed E-state index contributed by atoms with van der Waals surface area (Å²) in [6, 6.07) is 1.68. The molecule has 3 nitrogen and oxygen atoms in total. The van der Waals surface area contributed by atoms with Gasteiger partial charge in [-0.05, 0) is 18.2 Å². The maximum absolute atomic E-state index is 12.2. The second-order valence-electron chi connectivity index (χ2n) is 2.61. The summed E-state index contributed by atoms with van der Waals surface area (Å²) in [4.78, 5) is -0.714. The van der Waals surface area contributed by atoms with E-state index < -0.39 is 31.4 Å². The molecule has 0 saturated heterocycles. The Hall–Kier alpha value is -0.950. The summed E-state index contributed by atoms with van der Waals surface area (Å²) in [5.41, 5.74) is -1.44. The summed E-state index contributed by atoms with van der Waals surface area (Å²) in [6.07, 6.45) is -4.83. The molecule has 0 heterocycles. The number of benzene rings is 1. The van der Waals surface area contributed by atoms with E-state index in [1.165, 1.54) is 0 Å². The van der Waals surface area contributed by atoms with Crippen molar-refractivity contribution < 1.29 is 26.7 Å². The predicted molar refractivity (Wildman–Crippen MR) is 46.1 cm³/mol. The number of rotatable bonds is 1. The van der Waals surface area contributed by atoms with Crippen LogP contribution in [0, 0.1) is 0 Å². The van der Waals surface area contributed by atoms with E-state index in [4.69, 9.17) is 15.8 Å². The highest BCUT2D eigenvalue weighted by atomic mass is 35.7. The first-order valence-electron chi connectivity index (χ1n) is 3.47. The molecule has 0 fully saturated rings. The van der Waals surface area contributed by atoms with Crippen molar-refractivity contribution in [3.8, 4) is 5.75 Å². The topological polar surface area (TPSA) is 54.4 Å². The minimum Gasteiger partial charge on any atom is -0.507 e. The fraction of sp³-hybridized carbons (Fsp3) is 0.143. The molecule has 0 spiro atoms. The number of phenols is 1. The van der Waals surface area contributed by atoms with E-state index in [9.17, 15) is 21.6 Å². The third kappa shape index (κ3) is 2.75. The number of halogens is 4. The summed E-state index contributed by atoms with van der Waals surface area (Å²) >= 11 is 0. The first-order chi connectivity index (χ1) is 6.62. The van der Waals surface area contributed by atoms with Gasteiger partial charge in [0.2, 0.25) is 0 Å². The van der Waals surface area contributed by atoms with Gasteiger partial charge in [0.25, 0.3) is 9.05 Å². The summed E-state index contributed by atoms with van der Waals surface area (Å²) < 4.78 is 58.1. The lowest BCUT2D eigenvalue weighted by atomic mass is 10.2. The Morgan fingerprint density at radius 1 is 1.27 bits per heavy atom. The minimum atomic E-state index is -4.83. The second kappa shape index (κ2) is 3.57. The van der Waals surface area contributed by atoms with Crippen LogP contribution in [0.25, 0.3) is 0 Å². The molecule has 0 aliphatic carbocycles. The van der Waals surface area contributed by atoms with Crippen LogP contribution >= 0.6 is 10.7 Å². The van der Waals surface area contributed by atoms with E-state index in [0.717, 1.165) is 6.07 Å². The Bertz CT molecular complexity index is 481. The van der Waals surface area contributed by atoms with Gasteiger partial charge in [-0.1, -0.05) is 0 Å². The lowest BCUT2D eigenvalue weighted by molar-refractivity contribution is -0.138. The van der Waals surface area contributed by atoms with Gasteiger partial charge in [-0.15, -0.1) is 0 Å². The Morgan fingerprint density at radius 3 is 2.20 bits per heavy atom. The Balaban J connectivity index is 3.43. The van der Waals surface area contributed by atoms with Gasteiger partial charge in [0.1, 0.15) is 5.75 Å². The Kier molecular flexibility index (Phi) is 2.88. The molecule has 0 amide bonds. The SMILES string of the molecule is O=S(=O)(Cl)c1ccc(O)c(C(F)(F)F)c1. The molecule has 84 valence electrons. The Morgan fingerprint density at radius 2 is 1.80 bits per heavy atom. The molecule has 1 rings (SSSR count). The highest BCUT2D eigenvalue weighted by Gasteiger charge is 2.34. The summed E-state index contributed by atoms with van der Waals surface area (Å²) in [5.74, 6) is -1.05. The molecule has 0 radical (unpaired) electrons. The number of phenolic OH excluding ortho intramolecular Hbond substituents is 1. The van der Waals surface area contributed by atoms with Gasteiger partial charge >= 0.3 is 6.18 Å². The van der Waals surface area contributed by atoms with Gasteiger partial charge in [-0.3, -0.25) is 0 Å². The van der Waals surface area contributed by atoms with Crippen LogP contribution in [0.5, 0.6) is 5.75 Å². The summed E-state index contributed by atoms with van der Waals surface area (Å²) in [6.45, 7) is 0. The van der Waals surface area contributed by atoms with Crippen molar-refractivity contribution in [2.75, 3.05) is 0 Å². The van der Waals surface area contributed by atoms with E-state index in [-0.39, 0.29) is 6.07 Å². The fourth-order valence-corrected chi connectivity index (χ4v) is 1.67. The molecule has 8 heteroatoms. The van der Waals surface area contributed by atoms with Crippen LogP contribution in [0.2, 0.25) is 0 Å². The molecule has 15 heavy (non-hydrogen) atoms. The predicted octanol–water partition coefficient (Wildman–Crippen LogP) is 2.34. The van der Waals surface area contributed by atoms with Crippen molar-refractivity contribution in [1.82, 2.24) is 0 Å². The molecular weight excluding hydrogens is 257 g/mol. The van der Waals surface area contributed by atoms with E-state index >= 15 is 0 Å². The van der Waals surface area contributed by atoms with Crippen LogP contribution in [0.1, 0.15) is 5.56 Å². The van der Waals surface area contributed by atoms with Crippen molar-refractivity contribution >= 4 is 19.7 Å². The second-order valence-corrected chi connectivity index (χ2v) is 5.18. The molecule has 1 aromatic carbocycles. The molecule has 0 atom stereocenters. The summed E-state index contributed by atoms with van der Waals surface area (Å²) in [5, 5.41) is 8.88. The standard InChI is InChI=1S/C7H4ClF3O3S/c8-15(13,14)4-1-2-6(12)5(3-4)7(9,10)11/h1-3,12H. The van der Waals surface area contributed by atoms with Gasteiger partial charge in [-0.25, -0.2) is 8.42 Å². The molecule has 1 aromatic rings. The van der Waals surface area contributed by atoms with Crippen LogP contribution in [-0.2, 0) is 15.2 Å². The molecule has 0 bridgehead atoms. The van der Waals surface area contributed by atoms with Crippen LogP contribution in [0.15, 0.2) is 23.1 Å². The van der Waals surface area contributed by atoms with Crippen molar-refractivity contribution in [1.29, 1.82) is 0 Å². The van der Waals surface area contributed by atoms with E-state index in [1.54, 1.807) is 0 Å². The molecule has 1 N–H and O–H groups in total. The number of hydrogen-bond acceptors (Lipinski definition) is 3. The molecule has 0 aromatic heterocycles. The molecular formula is C7H4ClF3O3S. The third-order valence-electron chi connectivity index (χ3n) is 1.55. The normalized spacial score (nSPS) is 12.8. The maximum atomic E-state index is 12.2. The van der Waals surface area contributed by atoms with Gasteiger partial charge in [0, 0.05) is 10.7 Å². The van der Waals surface area contributed by atoms with E-state index in [1.807, 2.05) is 0 Å². The zero-order valence-electron chi connectivity index (χ0n) is 6.92. The van der Waals surface area contributed by atoms with E-state index in [2.05, 4.69) is 0 Å². The largest absolute Gasteiger partial charge is 0.507 e. The van der Waals surface area contributed by atoms with Crippen molar-refractivity contribution in [2.24, 2.45) is 0 Å². The fourth-order valence-electron chi connectivity index (χ4n) is 0.894. The van der Waals surface area contributed by atoms with Gasteiger partial charge in [-0.2, -0.15) is 13.2 Å². The van der Waals surface area contributed by atoms with Gasteiger partial charge in [0.15, 0.2) is 0 Å². The van der Waals surface area contributed by atoms with Crippen molar-refractivity contribution in [3.63, 3.8) is 0 Å². The molecule has 0 unspecified atom stereocenters. The number of aromatic hydroxyl groups is 1. The molecule has 0 aliphatic heterocycles. The number of alkyl halides is 3. The highest BCUT2D eigenvalue weighted by Crippen LogP contribution is 2.37. The van der Waals surface area contributed by atoms with Crippen LogP contribution < -0.4 is 0 Å². The maximum Gasteiger partial charge on any atom is 0.419 e. The smallest absolute Gasteiger partial charge is 0.419 e. The third-order valence-corrected chi connectivity index (χ3v) is 2.91. The van der Waals surface area contributed by atoms with Crippen LogP contribution in [0.4, 0.5) is 13.2 Å². The first-order valence-corrected chi connectivity index (χ1v) is 5.78. The van der Waals surface area contributed by atoms with Crippen molar-refractivity contribution in [3.05, 3.63) is 23.8 Å². The zero-order valence-corrected chi connectivity index (χ0v) is 8.49.